The molecular weight excluding hydrogens is 367 g/mol. The van der Waals surface area contributed by atoms with E-state index in [1.165, 1.54) is 12.1 Å². The van der Waals surface area contributed by atoms with Crippen molar-refractivity contribution in [3.8, 4) is 5.75 Å². The highest BCUT2D eigenvalue weighted by Crippen LogP contribution is 2.34. The van der Waals surface area contributed by atoms with Crippen molar-refractivity contribution >= 4 is 28.6 Å². The fourth-order valence-electron chi connectivity index (χ4n) is 3.15. The minimum Gasteiger partial charge on any atom is -0.481 e. The molecule has 0 aliphatic heterocycles. The number of halogens is 1. The van der Waals surface area contributed by atoms with Crippen LogP contribution in [0.15, 0.2) is 42.5 Å². The van der Waals surface area contributed by atoms with Crippen molar-refractivity contribution in [1.82, 2.24) is 4.57 Å². The molecule has 3 aromatic rings. The first-order chi connectivity index (χ1) is 13.3. The summed E-state index contributed by atoms with van der Waals surface area (Å²) in [6.45, 7) is 1.09. The maximum atomic E-state index is 14.1. The van der Waals surface area contributed by atoms with Gasteiger partial charge in [0.05, 0.1) is 23.0 Å². The van der Waals surface area contributed by atoms with Crippen LogP contribution in [0.5, 0.6) is 5.75 Å². The van der Waals surface area contributed by atoms with Crippen molar-refractivity contribution in [1.29, 1.82) is 0 Å². The predicted octanol–water partition coefficient (Wildman–Crippen LogP) is 2.27. The molecule has 0 unspecified atom stereocenters. The van der Waals surface area contributed by atoms with Gasteiger partial charge in [-0.1, -0.05) is 24.3 Å². The van der Waals surface area contributed by atoms with Crippen LogP contribution in [-0.2, 0) is 16.1 Å². The lowest BCUT2D eigenvalue weighted by atomic mass is 10.1. The van der Waals surface area contributed by atoms with Crippen molar-refractivity contribution < 1.29 is 28.6 Å². The number of ketones is 1. The lowest BCUT2D eigenvalue weighted by molar-refractivity contribution is -0.139. The van der Waals surface area contributed by atoms with Gasteiger partial charge in [0.25, 0.3) is 11.7 Å². The smallest absolute Gasteiger partial charge is 0.341 e. The average Bonchev–Trinajstić information content (AvgIpc) is 2.93. The van der Waals surface area contributed by atoms with E-state index in [4.69, 9.17) is 15.6 Å². The third-order valence-corrected chi connectivity index (χ3v) is 4.40. The van der Waals surface area contributed by atoms with Crippen LogP contribution in [0.4, 0.5) is 4.39 Å². The molecule has 0 aliphatic carbocycles. The normalized spacial score (nSPS) is 10.8. The van der Waals surface area contributed by atoms with E-state index < -0.39 is 30.1 Å². The van der Waals surface area contributed by atoms with Gasteiger partial charge in [-0.2, -0.15) is 0 Å². The number of benzene rings is 2. The van der Waals surface area contributed by atoms with Crippen molar-refractivity contribution in [2.24, 2.45) is 5.73 Å². The second-order valence-electron chi connectivity index (χ2n) is 6.16. The lowest BCUT2D eigenvalue weighted by Crippen LogP contribution is -2.24. The SMILES string of the molecule is Cc1c(C(=O)C(N)=O)c2c(OCC(=O)O)cccc2n1Cc1ccccc1F. The Balaban J connectivity index is 2.24. The zero-order valence-electron chi connectivity index (χ0n) is 14.9. The van der Waals surface area contributed by atoms with E-state index in [1.807, 2.05) is 0 Å². The van der Waals surface area contributed by atoms with Crippen LogP contribution in [0.25, 0.3) is 10.9 Å². The fraction of sp³-hybridized carbons (Fsp3) is 0.150. The fourth-order valence-corrected chi connectivity index (χ4v) is 3.15. The number of carboxylic acid groups (broad SMARTS) is 1. The minimum atomic E-state index is -1.19. The van der Waals surface area contributed by atoms with Crippen LogP contribution in [0.2, 0.25) is 0 Å². The number of rotatable bonds is 7. The number of nitrogens with zero attached hydrogens (tertiary/aromatic N) is 1. The third-order valence-electron chi connectivity index (χ3n) is 4.40. The van der Waals surface area contributed by atoms with E-state index in [2.05, 4.69) is 0 Å². The van der Waals surface area contributed by atoms with Crippen LogP contribution in [0, 0.1) is 12.7 Å². The summed E-state index contributed by atoms with van der Waals surface area (Å²) in [6, 6.07) is 11.0. The van der Waals surface area contributed by atoms with Crippen molar-refractivity contribution in [3.63, 3.8) is 0 Å². The van der Waals surface area contributed by atoms with Crippen LogP contribution in [-0.4, -0.2) is 33.9 Å². The number of carbonyl (C=O) groups excluding carboxylic acids is 2. The maximum Gasteiger partial charge on any atom is 0.341 e. The summed E-state index contributed by atoms with van der Waals surface area (Å²) in [6.07, 6.45) is 0. The zero-order chi connectivity index (χ0) is 20.4. The Kier molecular flexibility index (Phi) is 5.12. The molecule has 0 fully saturated rings. The summed E-state index contributed by atoms with van der Waals surface area (Å²) in [5.74, 6) is -3.56. The number of carbonyl (C=O) groups is 3. The van der Waals surface area contributed by atoms with Gasteiger partial charge < -0.3 is 20.1 Å². The first-order valence-corrected chi connectivity index (χ1v) is 8.35. The number of aromatic nitrogens is 1. The Morgan fingerprint density at radius 1 is 1.14 bits per heavy atom. The lowest BCUT2D eigenvalue weighted by Gasteiger charge is -2.10. The third kappa shape index (κ3) is 3.44. The molecule has 3 rings (SSSR count). The molecule has 3 N–H and O–H groups in total. The van der Waals surface area contributed by atoms with E-state index in [9.17, 15) is 18.8 Å². The van der Waals surface area contributed by atoms with Crippen LogP contribution < -0.4 is 10.5 Å². The van der Waals surface area contributed by atoms with E-state index >= 15 is 0 Å². The Morgan fingerprint density at radius 2 is 1.86 bits per heavy atom. The van der Waals surface area contributed by atoms with Gasteiger partial charge in [-0.3, -0.25) is 9.59 Å². The van der Waals surface area contributed by atoms with E-state index in [-0.39, 0.29) is 23.2 Å². The summed E-state index contributed by atoms with van der Waals surface area (Å²) in [5, 5.41) is 9.15. The van der Waals surface area contributed by atoms with E-state index in [0.29, 0.717) is 16.8 Å². The molecule has 0 spiro atoms. The summed E-state index contributed by atoms with van der Waals surface area (Å²) in [4.78, 5) is 34.9. The number of hydrogen-bond acceptors (Lipinski definition) is 4. The molecule has 0 saturated heterocycles. The van der Waals surface area contributed by atoms with E-state index in [0.717, 1.165) is 0 Å². The maximum absolute atomic E-state index is 14.1. The number of Topliss-reactive ketones (excluding diaryl/α,β-unsaturated/α-hetero) is 1. The van der Waals surface area contributed by atoms with Crippen molar-refractivity contribution in [2.75, 3.05) is 6.61 Å². The second kappa shape index (κ2) is 7.51. The van der Waals surface area contributed by atoms with Gasteiger partial charge in [-0.15, -0.1) is 0 Å². The number of fused-ring (bicyclic) bond motifs is 1. The number of aliphatic carboxylic acids is 1. The predicted molar refractivity (Wildman–Crippen MR) is 98.8 cm³/mol. The topological polar surface area (TPSA) is 112 Å². The van der Waals surface area contributed by atoms with Crippen molar-refractivity contribution in [2.45, 2.75) is 13.5 Å². The molecule has 0 radical (unpaired) electrons. The first kappa shape index (κ1) is 19.1. The number of hydrogen-bond donors (Lipinski definition) is 2. The molecule has 1 heterocycles. The van der Waals surface area contributed by atoms with Gasteiger partial charge in [-0.25, -0.2) is 9.18 Å². The average molecular weight is 384 g/mol. The number of nitrogens with two attached hydrogens (primary N) is 1. The van der Waals surface area contributed by atoms with Gasteiger partial charge in [0.15, 0.2) is 6.61 Å². The summed E-state index contributed by atoms with van der Waals surface area (Å²) in [7, 11) is 0. The molecule has 0 aliphatic rings. The van der Waals surface area contributed by atoms with Crippen LogP contribution >= 0.6 is 0 Å². The van der Waals surface area contributed by atoms with Gasteiger partial charge in [0, 0.05) is 11.3 Å². The Hall–Kier alpha value is -3.68. The molecule has 28 heavy (non-hydrogen) atoms. The second-order valence-corrected chi connectivity index (χ2v) is 6.16. The number of ether oxygens (including phenoxy) is 1. The molecule has 1 amide bonds. The Bertz CT molecular complexity index is 1100. The number of amides is 1. The molecular formula is C20H17FN2O5. The van der Waals surface area contributed by atoms with Crippen LogP contribution in [0.3, 0.4) is 0 Å². The molecule has 2 aromatic carbocycles. The molecule has 144 valence electrons. The Labute approximate surface area is 159 Å². The molecule has 8 heteroatoms. The first-order valence-electron chi connectivity index (χ1n) is 8.35. The largest absolute Gasteiger partial charge is 0.481 e. The highest BCUT2D eigenvalue weighted by Gasteiger charge is 2.26. The summed E-state index contributed by atoms with van der Waals surface area (Å²) in [5.41, 5.74) is 6.48. The summed E-state index contributed by atoms with van der Waals surface area (Å²) < 4.78 is 21.1. The molecule has 1 aromatic heterocycles. The number of primary amides is 1. The van der Waals surface area contributed by atoms with Gasteiger partial charge in [0.1, 0.15) is 11.6 Å². The molecule has 0 saturated carbocycles. The van der Waals surface area contributed by atoms with Gasteiger partial charge in [0.2, 0.25) is 0 Å². The molecule has 7 nitrogen and oxygen atoms in total. The van der Waals surface area contributed by atoms with E-state index in [1.54, 1.807) is 41.8 Å². The molecule has 0 atom stereocenters. The van der Waals surface area contributed by atoms with Crippen molar-refractivity contribution in [3.05, 3.63) is 65.1 Å². The Morgan fingerprint density at radius 3 is 2.50 bits per heavy atom. The zero-order valence-corrected chi connectivity index (χ0v) is 14.9. The summed E-state index contributed by atoms with van der Waals surface area (Å²) >= 11 is 0. The number of carboxylic acids is 1. The highest BCUT2D eigenvalue weighted by atomic mass is 19.1. The van der Waals surface area contributed by atoms with Gasteiger partial charge >= 0.3 is 5.97 Å². The quantitative estimate of drug-likeness (QED) is 0.479. The van der Waals surface area contributed by atoms with Crippen LogP contribution in [0.1, 0.15) is 21.6 Å². The highest BCUT2D eigenvalue weighted by molar-refractivity contribution is 6.45. The monoisotopic (exact) mass is 384 g/mol. The van der Waals surface area contributed by atoms with Gasteiger partial charge in [-0.05, 0) is 25.1 Å². The standard InChI is InChI=1S/C20H17FN2O5/c1-11-17(19(26)20(22)27)18-14(7-4-8-15(18)28-10-16(24)25)23(11)9-12-5-2-3-6-13(12)21/h2-8H,9-10H2,1H3,(H2,22,27)(H,24,25). The minimum absolute atomic E-state index is 0.0137. The molecule has 0 bridgehead atoms.